The van der Waals surface area contributed by atoms with E-state index in [1.165, 1.54) is 43.4 Å². The minimum Gasteiger partial charge on any atom is -0.329 e. The molecule has 1 heterocycles. The number of hydrogen-bond acceptors (Lipinski definition) is 3. The van der Waals surface area contributed by atoms with Crippen LogP contribution < -0.4 is 5.73 Å². The van der Waals surface area contributed by atoms with Crippen LogP contribution in [0.15, 0.2) is 17.5 Å². The van der Waals surface area contributed by atoms with Gasteiger partial charge in [0.2, 0.25) is 0 Å². The summed E-state index contributed by atoms with van der Waals surface area (Å²) in [5, 5.41) is 2.18. The number of thiophene rings is 1. The van der Waals surface area contributed by atoms with E-state index >= 15 is 0 Å². The molecule has 1 aromatic rings. The van der Waals surface area contributed by atoms with Gasteiger partial charge in [0.1, 0.15) is 0 Å². The Kier molecular flexibility index (Phi) is 5.67. The molecule has 18 heavy (non-hydrogen) atoms. The van der Waals surface area contributed by atoms with Crippen LogP contribution in [0.4, 0.5) is 0 Å². The fourth-order valence-corrected chi connectivity index (χ4v) is 3.31. The highest BCUT2D eigenvalue weighted by Crippen LogP contribution is 2.32. The van der Waals surface area contributed by atoms with Crippen LogP contribution in [0.25, 0.3) is 0 Å². The number of rotatable bonds is 9. The van der Waals surface area contributed by atoms with E-state index in [1.807, 2.05) is 11.3 Å². The van der Waals surface area contributed by atoms with Gasteiger partial charge < -0.3 is 5.73 Å². The van der Waals surface area contributed by atoms with Crippen molar-refractivity contribution in [3.05, 3.63) is 22.4 Å². The van der Waals surface area contributed by atoms with E-state index in [2.05, 4.69) is 29.3 Å². The van der Waals surface area contributed by atoms with Gasteiger partial charge in [-0.2, -0.15) is 0 Å². The molecule has 0 radical (unpaired) electrons. The van der Waals surface area contributed by atoms with Gasteiger partial charge in [-0.25, -0.2) is 0 Å². The molecule has 2 N–H and O–H groups in total. The van der Waals surface area contributed by atoms with E-state index in [-0.39, 0.29) is 0 Å². The molecule has 0 aromatic carbocycles. The Hall–Kier alpha value is -0.380. The second-order valence-electron chi connectivity index (χ2n) is 5.37. The third kappa shape index (κ3) is 4.08. The lowest BCUT2D eigenvalue weighted by atomic mass is 10.1. The van der Waals surface area contributed by atoms with Crippen LogP contribution >= 0.6 is 11.3 Å². The Labute approximate surface area is 115 Å². The highest BCUT2D eigenvalue weighted by Gasteiger charge is 2.33. The molecular weight excluding hydrogens is 240 g/mol. The summed E-state index contributed by atoms with van der Waals surface area (Å²) in [6.07, 6.45) is 7.98. The summed E-state index contributed by atoms with van der Waals surface area (Å²) in [4.78, 5) is 4.15. The molecule has 0 saturated heterocycles. The van der Waals surface area contributed by atoms with Gasteiger partial charge >= 0.3 is 0 Å². The van der Waals surface area contributed by atoms with Gasteiger partial charge in [-0.3, -0.25) is 4.90 Å². The van der Waals surface area contributed by atoms with Crippen LogP contribution in [0.2, 0.25) is 0 Å². The SMILES string of the molecule is CCCCCC(CN)N(Cc1cccs1)C1CC1. The quantitative estimate of drug-likeness (QED) is 0.692. The van der Waals surface area contributed by atoms with Crippen molar-refractivity contribution in [1.29, 1.82) is 0 Å². The molecule has 1 aliphatic carbocycles. The summed E-state index contributed by atoms with van der Waals surface area (Å²) in [6.45, 7) is 4.18. The van der Waals surface area contributed by atoms with Crippen LogP contribution in [0, 0.1) is 0 Å². The molecule has 1 fully saturated rings. The molecule has 0 bridgehead atoms. The summed E-state index contributed by atoms with van der Waals surface area (Å²) in [5.41, 5.74) is 6.01. The zero-order chi connectivity index (χ0) is 12.8. The Bertz CT molecular complexity index is 319. The maximum absolute atomic E-state index is 6.01. The first-order valence-corrected chi connectivity index (χ1v) is 8.21. The maximum Gasteiger partial charge on any atom is 0.0334 e. The zero-order valence-corrected chi connectivity index (χ0v) is 12.3. The molecule has 1 unspecified atom stereocenters. The predicted molar refractivity (Wildman–Crippen MR) is 79.9 cm³/mol. The monoisotopic (exact) mass is 266 g/mol. The first-order valence-electron chi connectivity index (χ1n) is 7.33. The van der Waals surface area contributed by atoms with Gasteiger partial charge in [0, 0.05) is 30.1 Å². The topological polar surface area (TPSA) is 29.3 Å². The number of nitrogens with two attached hydrogens (primary N) is 1. The Morgan fingerprint density at radius 1 is 1.44 bits per heavy atom. The Balaban J connectivity index is 1.89. The second-order valence-corrected chi connectivity index (χ2v) is 6.40. The molecule has 2 rings (SSSR count). The highest BCUT2D eigenvalue weighted by molar-refractivity contribution is 7.09. The van der Waals surface area contributed by atoms with E-state index in [0.717, 1.165) is 19.1 Å². The molecular formula is C15H26N2S. The van der Waals surface area contributed by atoms with Crippen LogP contribution in [-0.4, -0.2) is 23.5 Å². The minimum absolute atomic E-state index is 0.589. The van der Waals surface area contributed by atoms with Crippen LogP contribution in [0.3, 0.4) is 0 Å². The number of hydrogen-bond donors (Lipinski definition) is 1. The molecule has 102 valence electrons. The smallest absolute Gasteiger partial charge is 0.0334 e. The van der Waals surface area contributed by atoms with Crippen molar-refractivity contribution in [1.82, 2.24) is 4.90 Å². The van der Waals surface area contributed by atoms with Crippen molar-refractivity contribution >= 4 is 11.3 Å². The fraction of sp³-hybridized carbons (Fsp3) is 0.733. The van der Waals surface area contributed by atoms with Gasteiger partial charge in [0.15, 0.2) is 0 Å². The number of unbranched alkanes of at least 4 members (excludes halogenated alkanes) is 2. The molecule has 0 amide bonds. The zero-order valence-electron chi connectivity index (χ0n) is 11.5. The molecule has 3 heteroatoms. The van der Waals surface area contributed by atoms with Gasteiger partial charge in [-0.15, -0.1) is 11.3 Å². The average molecular weight is 266 g/mol. The van der Waals surface area contributed by atoms with Gasteiger partial charge in [-0.1, -0.05) is 32.3 Å². The highest BCUT2D eigenvalue weighted by atomic mass is 32.1. The first kappa shape index (κ1) is 14.0. The molecule has 0 spiro atoms. The van der Waals surface area contributed by atoms with E-state index in [4.69, 9.17) is 5.73 Å². The van der Waals surface area contributed by atoms with E-state index in [0.29, 0.717) is 6.04 Å². The Morgan fingerprint density at radius 3 is 2.83 bits per heavy atom. The molecule has 1 aliphatic rings. The van der Waals surface area contributed by atoms with E-state index < -0.39 is 0 Å². The lowest BCUT2D eigenvalue weighted by Crippen LogP contribution is -2.41. The normalized spacial score (nSPS) is 17.3. The first-order chi connectivity index (χ1) is 8.85. The summed E-state index contributed by atoms with van der Waals surface area (Å²) in [6, 6.07) is 5.80. The van der Waals surface area contributed by atoms with E-state index in [9.17, 15) is 0 Å². The number of nitrogens with zero attached hydrogens (tertiary/aromatic N) is 1. The summed E-state index contributed by atoms with van der Waals surface area (Å²) < 4.78 is 0. The summed E-state index contributed by atoms with van der Waals surface area (Å²) in [7, 11) is 0. The third-order valence-electron chi connectivity index (χ3n) is 3.82. The summed E-state index contributed by atoms with van der Waals surface area (Å²) in [5.74, 6) is 0. The Morgan fingerprint density at radius 2 is 2.28 bits per heavy atom. The van der Waals surface area contributed by atoms with Crippen LogP contribution in [-0.2, 0) is 6.54 Å². The maximum atomic E-state index is 6.01. The average Bonchev–Trinajstić information content (AvgIpc) is 3.10. The van der Waals surface area contributed by atoms with Crippen molar-refractivity contribution in [3.63, 3.8) is 0 Å². The fourth-order valence-electron chi connectivity index (χ4n) is 2.59. The van der Waals surface area contributed by atoms with Crippen molar-refractivity contribution in [3.8, 4) is 0 Å². The molecule has 0 aliphatic heterocycles. The van der Waals surface area contributed by atoms with Gasteiger partial charge in [0.05, 0.1) is 0 Å². The summed E-state index contributed by atoms with van der Waals surface area (Å²) >= 11 is 1.87. The van der Waals surface area contributed by atoms with Crippen LogP contribution in [0.1, 0.15) is 50.3 Å². The largest absolute Gasteiger partial charge is 0.329 e. The minimum atomic E-state index is 0.589. The van der Waals surface area contributed by atoms with Gasteiger partial charge in [-0.05, 0) is 30.7 Å². The van der Waals surface area contributed by atoms with Crippen molar-refractivity contribution in [2.45, 2.75) is 64.1 Å². The lowest BCUT2D eigenvalue weighted by molar-refractivity contribution is 0.170. The standard InChI is InChI=1S/C15H26N2S/c1-2-3-4-6-14(11-16)17(13-8-9-13)12-15-7-5-10-18-15/h5,7,10,13-14H,2-4,6,8-9,11-12,16H2,1H3. The van der Waals surface area contributed by atoms with Crippen molar-refractivity contribution in [2.24, 2.45) is 5.73 Å². The molecule has 1 atom stereocenters. The predicted octanol–water partition coefficient (Wildman–Crippen LogP) is 3.62. The molecule has 1 aromatic heterocycles. The van der Waals surface area contributed by atoms with Gasteiger partial charge in [0.25, 0.3) is 0 Å². The molecule has 2 nitrogen and oxygen atoms in total. The second kappa shape index (κ2) is 7.27. The third-order valence-corrected chi connectivity index (χ3v) is 4.68. The lowest BCUT2D eigenvalue weighted by Gasteiger charge is -2.30. The van der Waals surface area contributed by atoms with Crippen molar-refractivity contribution in [2.75, 3.05) is 6.54 Å². The molecule has 1 saturated carbocycles. The van der Waals surface area contributed by atoms with Crippen LogP contribution in [0.5, 0.6) is 0 Å². The van der Waals surface area contributed by atoms with E-state index in [1.54, 1.807) is 0 Å². The van der Waals surface area contributed by atoms with Crippen molar-refractivity contribution < 1.29 is 0 Å².